The summed E-state index contributed by atoms with van der Waals surface area (Å²) in [4.78, 5) is 11.6. The van der Waals surface area contributed by atoms with Crippen LogP contribution in [0.5, 0.6) is 0 Å². The van der Waals surface area contributed by atoms with Gasteiger partial charge in [-0.05, 0) is 56.3 Å². The number of aliphatic hydroxyl groups is 1. The average molecular weight is 238 g/mol. The summed E-state index contributed by atoms with van der Waals surface area (Å²) in [6.45, 7) is 2.16. The molecule has 0 aromatic rings. The van der Waals surface area contributed by atoms with E-state index in [2.05, 4.69) is 6.92 Å². The van der Waals surface area contributed by atoms with Crippen molar-refractivity contribution in [2.75, 3.05) is 0 Å². The van der Waals surface area contributed by atoms with Gasteiger partial charge >= 0.3 is 5.97 Å². The molecule has 4 unspecified atom stereocenters. The van der Waals surface area contributed by atoms with Crippen molar-refractivity contribution in [1.29, 1.82) is 0 Å². The predicted octanol–water partition coefficient (Wildman–Crippen LogP) is 2.57. The Morgan fingerprint density at radius 1 is 1.24 bits per heavy atom. The third-order valence-electron chi connectivity index (χ3n) is 5.39. The molecule has 4 aliphatic rings. The number of rotatable bonds is 3. The number of carboxylic acids is 1. The van der Waals surface area contributed by atoms with Gasteiger partial charge < -0.3 is 10.2 Å². The molecular weight excluding hydrogens is 216 g/mol. The van der Waals surface area contributed by atoms with Crippen LogP contribution < -0.4 is 0 Å². The average Bonchev–Trinajstić information content (AvgIpc) is 2.12. The van der Waals surface area contributed by atoms with Crippen molar-refractivity contribution < 1.29 is 15.0 Å². The number of carbonyl (C=O) groups is 1. The van der Waals surface area contributed by atoms with Crippen LogP contribution in [0.15, 0.2) is 0 Å². The lowest BCUT2D eigenvalue weighted by atomic mass is 9.42. The fraction of sp³-hybridized carbons (Fsp3) is 0.929. The van der Waals surface area contributed by atoms with Crippen LogP contribution in [0.1, 0.15) is 58.3 Å². The van der Waals surface area contributed by atoms with Crippen molar-refractivity contribution in [2.24, 2.45) is 16.7 Å². The van der Waals surface area contributed by atoms with E-state index >= 15 is 0 Å². The second kappa shape index (κ2) is 3.25. The maximum absolute atomic E-state index is 11.6. The second-order valence-electron chi connectivity index (χ2n) is 7.07. The molecule has 4 aliphatic carbocycles. The van der Waals surface area contributed by atoms with Crippen molar-refractivity contribution in [1.82, 2.24) is 0 Å². The molecule has 0 radical (unpaired) electrons. The summed E-state index contributed by atoms with van der Waals surface area (Å²) in [5.74, 6) is -0.223. The van der Waals surface area contributed by atoms with Gasteiger partial charge in [0.1, 0.15) is 0 Å². The molecule has 17 heavy (non-hydrogen) atoms. The SMILES string of the molecule is CCCC12CC3CC(O)(C1)CC(C(=O)O)(C3)C2. The summed E-state index contributed by atoms with van der Waals surface area (Å²) < 4.78 is 0. The highest BCUT2D eigenvalue weighted by atomic mass is 16.4. The zero-order valence-electron chi connectivity index (χ0n) is 10.5. The van der Waals surface area contributed by atoms with E-state index in [4.69, 9.17) is 0 Å². The quantitative estimate of drug-likeness (QED) is 0.794. The number of aliphatic carboxylic acids is 1. The number of hydrogen-bond donors (Lipinski definition) is 2. The molecule has 4 fully saturated rings. The zero-order valence-corrected chi connectivity index (χ0v) is 10.5. The highest BCUT2D eigenvalue weighted by Crippen LogP contribution is 2.67. The van der Waals surface area contributed by atoms with Crippen LogP contribution in [0.25, 0.3) is 0 Å². The Balaban J connectivity index is 2.00. The van der Waals surface area contributed by atoms with Crippen LogP contribution in [0.3, 0.4) is 0 Å². The molecule has 0 heterocycles. The minimum atomic E-state index is -0.674. The molecule has 96 valence electrons. The molecule has 0 aliphatic heterocycles. The van der Waals surface area contributed by atoms with Gasteiger partial charge in [-0.1, -0.05) is 13.3 Å². The Morgan fingerprint density at radius 3 is 2.59 bits per heavy atom. The van der Waals surface area contributed by atoms with E-state index < -0.39 is 17.0 Å². The van der Waals surface area contributed by atoms with Crippen molar-refractivity contribution in [3.8, 4) is 0 Å². The van der Waals surface area contributed by atoms with Crippen LogP contribution in [0.4, 0.5) is 0 Å². The summed E-state index contributed by atoms with van der Waals surface area (Å²) in [6.07, 6.45) is 7.12. The van der Waals surface area contributed by atoms with Crippen LogP contribution in [-0.2, 0) is 4.79 Å². The monoisotopic (exact) mass is 238 g/mol. The molecule has 0 amide bonds. The molecule has 4 bridgehead atoms. The third kappa shape index (κ3) is 1.55. The Bertz CT molecular complexity index is 366. The van der Waals surface area contributed by atoms with Gasteiger partial charge in [0.2, 0.25) is 0 Å². The zero-order chi connectivity index (χ0) is 12.3. The first-order valence-corrected chi connectivity index (χ1v) is 6.87. The van der Waals surface area contributed by atoms with Crippen LogP contribution >= 0.6 is 0 Å². The lowest BCUT2D eigenvalue weighted by Gasteiger charge is -2.63. The van der Waals surface area contributed by atoms with Crippen molar-refractivity contribution in [3.05, 3.63) is 0 Å². The first-order chi connectivity index (χ1) is 7.91. The highest BCUT2D eigenvalue weighted by Gasteiger charge is 2.65. The van der Waals surface area contributed by atoms with Gasteiger partial charge in [0, 0.05) is 0 Å². The summed E-state index contributed by atoms with van der Waals surface area (Å²) in [6, 6.07) is 0. The molecule has 4 rings (SSSR count). The smallest absolute Gasteiger partial charge is 0.309 e. The standard InChI is InChI=1S/C14H22O3/c1-2-3-12-4-10-5-13(7-12,11(15)16)9-14(17,6-10)8-12/h10,17H,2-9H2,1H3,(H,15,16). The van der Waals surface area contributed by atoms with Gasteiger partial charge in [-0.2, -0.15) is 0 Å². The molecular formula is C14H22O3. The van der Waals surface area contributed by atoms with Gasteiger partial charge in [-0.3, -0.25) is 4.79 Å². The highest BCUT2D eigenvalue weighted by molar-refractivity contribution is 5.75. The maximum Gasteiger partial charge on any atom is 0.309 e. The topological polar surface area (TPSA) is 57.5 Å². The fourth-order valence-electron chi connectivity index (χ4n) is 5.63. The second-order valence-corrected chi connectivity index (χ2v) is 7.07. The van der Waals surface area contributed by atoms with Gasteiger partial charge in [0.05, 0.1) is 11.0 Å². The van der Waals surface area contributed by atoms with E-state index in [1.54, 1.807) is 0 Å². The normalized spacial score (nSPS) is 51.8. The van der Waals surface area contributed by atoms with E-state index in [1.165, 1.54) is 0 Å². The molecule has 0 aromatic heterocycles. The van der Waals surface area contributed by atoms with E-state index in [0.717, 1.165) is 44.9 Å². The van der Waals surface area contributed by atoms with Crippen LogP contribution in [-0.4, -0.2) is 21.8 Å². The predicted molar refractivity (Wildman–Crippen MR) is 63.6 cm³/mol. The number of hydrogen-bond acceptors (Lipinski definition) is 2. The van der Waals surface area contributed by atoms with E-state index in [9.17, 15) is 15.0 Å². The minimum Gasteiger partial charge on any atom is -0.481 e. The summed E-state index contributed by atoms with van der Waals surface area (Å²) >= 11 is 0. The molecule has 0 saturated heterocycles. The molecule has 4 saturated carbocycles. The van der Waals surface area contributed by atoms with E-state index in [1.807, 2.05) is 0 Å². The van der Waals surface area contributed by atoms with Crippen LogP contribution in [0, 0.1) is 16.7 Å². The molecule has 4 atom stereocenters. The van der Waals surface area contributed by atoms with Gasteiger partial charge in [-0.25, -0.2) is 0 Å². The summed E-state index contributed by atoms with van der Waals surface area (Å²) in [7, 11) is 0. The first kappa shape index (κ1) is 11.5. The third-order valence-corrected chi connectivity index (χ3v) is 5.39. The Labute approximate surface area is 102 Å². The lowest BCUT2D eigenvalue weighted by molar-refractivity contribution is -0.214. The number of carboxylic acid groups (broad SMARTS) is 1. The van der Waals surface area contributed by atoms with Gasteiger partial charge in [0.25, 0.3) is 0 Å². The Kier molecular flexibility index (Phi) is 2.20. The molecule has 2 N–H and O–H groups in total. The fourth-order valence-corrected chi connectivity index (χ4v) is 5.63. The van der Waals surface area contributed by atoms with Crippen molar-refractivity contribution in [3.63, 3.8) is 0 Å². The molecule has 3 heteroatoms. The maximum atomic E-state index is 11.6. The van der Waals surface area contributed by atoms with Crippen molar-refractivity contribution >= 4 is 5.97 Å². The lowest BCUT2D eigenvalue weighted by Crippen LogP contribution is -2.62. The molecule has 3 nitrogen and oxygen atoms in total. The summed E-state index contributed by atoms with van der Waals surface area (Å²) in [5.41, 5.74) is -1.16. The van der Waals surface area contributed by atoms with E-state index in [0.29, 0.717) is 12.3 Å². The minimum absolute atomic E-state index is 0.126. The van der Waals surface area contributed by atoms with Crippen molar-refractivity contribution in [2.45, 2.75) is 63.9 Å². The first-order valence-electron chi connectivity index (χ1n) is 6.87. The largest absolute Gasteiger partial charge is 0.481 e. The van der Waals surface area contributed by atoms with E-state index in [-0.39, 0.29) is 5.41 Å². The Hall–Kier alpha value is -0.570. The molecule has 0 spiro atoms. The van der Waals surface area contributed by atoms with Crippen LogP contribution in [0.2, 0.25) is 0 Å². The van der Waals surface area contributed by atoms with Gasteiger partial charge in [-0.15, -0.1) is 0 Å². The Morgan fingerprint density at radius 2 is 2.00 bits per heavy atom. The van der Waals surface area contributed by atoms with Gasteiger partial charge in [0.15, 0.2) is 0 Å². The summed E-state index contributed by atoms with van der Waals surface area (Å²) in [5, 5.41) is 20.2. The molecule has 0 aromatic carbocycles.